The van der Waals surface area contributed by atoms with Gasteiger partial charge in [0.05, 0.1) is 20.8 Å². The number of aliphatic hydroxyl groups excluding tert-OH is 1. The maximum Gasteiger partial charge on any atom is 0.166 e. The Balaban J connectivity index is 2.07. The standard InChI is InChI=1S/C26H30FO4P/c1-5-26(2,32-24-12-11-20(27)13-19(24)16-28)22-14-21(29-3)15-23(30-4)25(22)31-17-18-9-7-6-8-10-18/h6-15,28,32H,5,16-17H2,1-4H3. The van der Waals surface area contributed by atoms with E-state index in [-0.39, 0.29) is 26.2 Å². The zero-order chi connectivity index (χ0) is 23.1. The average molecular weight is 456 g/mol. The molecular formula is C26H30FO4P. The van der Waals surface area contributed by atoms with Gasteiger partial charge in [0.2, 0.25) is 0 Å². The van der Waals surface area contributed by atoms with Crippen LogP contribution in [0.4, 0.5) is 4.39 Å². The van der Waals surface area contributed by atoms with Crippen LogP contribution in [0.1, 0.15) is 37.0 Å². The first-order chi connectivity index (χ1) is 15.4. The monoisotopic (exact) mass is 456 g/mol. The molecule has 0 bridgehead atoms. The van der Waals surface area contributed by atoms with Crippen molar-refractivity contribution in [1.29, 1.82) is 0 Å². The van der Waals surface area contributed by atoms with E-state index in [2.05, 4.69) is 13.8 Å². The molecule has 6 heteroatoms. The fourth-order valence-corrected chi connectivity index (χ4v) is 5.16. The first-order valence-corrected chi connectivity index (χ1v) is 11.5. The fourth-order valence-electron chi connectivity index (χ4n) is 3.59. The minimum atomic E-state index is -0.352. The van der Waals surface area contributed by atoms with E-state index in [1.165, 1.54) is 12.1 Å². The summed E-state index contributed by atoms with van der Waals surface area (Å²) in [5, 5.41) is 10.4. The van der Waals surface area contributed by atoms with Gasteiger partial charge in [-0.25, -0.2) is 4.39 Å². The molecule has 2 atom stereocenters. The SMILES string of the molecule is CCC(C)(Pc1ccc(F)cc1CO)c1cc(OC)cc(OC)c1OCc1ccccc1. The maximum absolute atomic E-state index is 13.7. The summed E-state index contributed by atoms with van der Waals surface area (Å²) >= 11 is 0. The van der Waals surface area contributed by atoms with E-state index >= 15 is 0 Å². The number of ether oxygens (including phenoxy) is 3. The van der Waals surface area contributed by atoms with Gasteiger partial charge >= 0.3 is 0 Å². The minimum Gasteiger partial charge on any atom is -0.497 e. The van der Waals surface area contributed by atoms with Gasteiger partial charge < -0.3 is 19.3 Å². The number of halogens is 1. The Kier molecular flexibility index (Phi) is 8.11. The first-order valence-electron chi connectivity index (χ1n) is 10.5. The van der Waals surface area contributed by atoms with Crippen molar-refractivity contribution in [2.75, 3.05) is 14.2 Å². The molecule has 0 radical (unpaired) electrons. The predicted molar refractivity (Wildman–Crippen MR) is 128 cm³/mol. The second-order valence-corrected chi connectivity index (χ2v) is 9.64. The van der Waals surface area contributed by atoms with E-state index in [0.717, 1.165) is 22.9 Å². The predicted octanol–water partition coefficient (Wildman–Crippen LogP) is 5.54. The summed E-state index contributed by atoms with van der Waals surface area (Å²) in [5.41, 5.74) is 2.61. The van der Waals surface area contributed by atoms with E-state index in [1.54, 1.807) is 20.3 Å². The van der Waals surface area contributed by atoms with Gasteiger partial charge in [0, 0.05) is 16.8 Å². The van der Waals surface area contributed by atoms with E-state index in [4.69, 9.17) is 14.2 Å². The van der Waals surface area contributed by atoms with E-state index in [9.17, 15) is 9.50 Å². The van der Waals surface area contributed by atoms with Gasteiger partial charge in [-0.2, -0.15) is 0 Å². The number of rotatable bonds is 10. The maximum atomic E-state index is 13.7. The number of aliphatic hydroxyl groups is 1. The van der Waals surface area contributed by atoms with Crippen LogP contribution in [0.3, 0.4) is 0 Å². The van der Waals surface area contributed by atoms with Gasteiger partial charge in [-0.1, -0.05) is 58.8 Å². The van der Waals surface area contributed by atoms with Gasteiger partial charge in [0.1, 0.15) is 18.2 Å². The van der Waals surface area contributed by atoms with Gasteiger partial charge in [0.25, 0.3) is 0 Å². The Morgan fingerprint density at radius 3 is 2.38 bits per heavy atom. The highest BCUT2D eigenvalue weighted by molar-refractivity contribution is 7.48. The Bertz CT molecular complexity index is 1040. The molecule has 0 saturated carbocycles. The topological polar surface area (TPSA) is 47.9 Å². The van der Waals surface area contributed by atoms with E-state index < -0.39 is 0 Å². The summed E-state index contributed by atoms with van der Waals surface area (Å²) < 4.78 is 31.3. The average Bonchev–Trinajstić information content (AvgIpc) is 2.83. The highest BCUT2D eigenvalue weighted by Gasteiger charge is 2.32. The molecule has 0 aliphatic heterocycles. The first kappa shape index (κ1) is 24.0. The zero-order valence-corrected chi connectivity index (χ0v) is 19.9. The lowest BCUT2D eigenvalue weighted by Gasteiger charge is -2.32. The van der Waals surface area contributed by atoms with Crippen molar-refractivity contribution in [2.24, 2.45) is 0 Å². The van der Waals surface area contributed by atoms with Crippen LogP contribution >= 0.6 is 8.58 Å². The second-order valence-electron chi connectivity index (χ2n) is 7.75. The number of benzene rings is 3. The van der Waals surface area contributed by atoms with Crippen molar-refractivity contribution in [3.63, 3.8) is 0 Å². The van der Waals surface area contributed by atoms with E-state index in [0.29, 0.717) is 29.4 Å². The molecule has 3 aromatic carbocycles. The van der Waals surface area contributed by atoms with Crippen LogP contribution in [0.5, 0.6) is 17.2 Å². The molecule has 0 amide bonds. The van der Waals surface area contributed by atoms with Crippen molar-refractivity contribution in [1.82, 2.24) is 0 Å². The van der Waals surface area contributed by atoms with Crippen LogP contribution in [0, 0.1) is 5.82 Å². The van der Waals surface area contributed by atoms with Crippen molar-refractivity contribution < 1.29 is 23.7 Å². The smallest absolute Gasteiger partial charge is 0.166 e. The number of hydrogen-bond donors (Lipinski definition) is 1. The summed E-state index contributed by atoms with van der Waals surface area (Å²) in [7, 11) is 3.51. The highest BCUT2D eigenvalue weighted by atomic mass is 31.1. The number of methoxy groups -OCH3 is 2. The highest BCUT2D eigenvalue weighted by Crippen LogP contribution is 2.51. The van der Waals surface area contributed by atoms with Crippen LogP contribution < -0.4 is 19.5 Å². The molecule has 0 aliphatic rings. The summed E-state index contributed by atoms with van der Waals surface area (Å²) in [6.07, 6.45) is 0.797. The zero-order valence-electron chi connectivity index (χ0n) is 18.9. The van der Waals surface area contributed by atoms with Gasteiger partial charge in [0.15, 0.2) is 11.5 Å². The van der Waals surface area contributed by atoms with Crippen LogP contribution in [0.15, 0.2) is 60.7 Å². The Hall–Kier alpha value is -2.62. The fraction of sp³-hybridized carbons (Fsp3) is 0.308. The summed E-state index contributed by atoms with van der Waals surface area (Å²) in [6, 6.07) is 18.4. The third-order valence-corrected chi connectivity index (χ3v) is 7.59. The molecule has 1 N–H and O–H groups in total. The molecule has 170 valence electrons. The number of hydrogen-bond acceptors (Lipinski definition) is 4. The molecule has 0 saturated heterocycles. The van der Waals surface area contributed by atoms with Crippen LogP contribution in [-0.2, 0) is 18.4 Å². The molecule has 0 aromatic heterocycles. The normalized spacial score (nSPS) is 13.2. The van der Waals surface area contributed by atoms with Crippen molar-refractivity contribution in [2.45, 2.75) is 38.6 Å². The molecule has 2 unspecified atom stereocenters. The Labute approximate surface area is 191 Å². The second kappa shape index (κ2) is 10.8. The summed E-state index contributed by atoms with van der Waals surface area (Å²) in [6.45, 7) is 4.46. The molecule has 3 aromatic rings. The molecule has 0 fully saturated rings. The van der Waals surface area contributed by atoms with E-state index in [1.807, 2.05) is 42.5 Å². The quantitative estimate of drug-likeness (QED) is 0.407. The lowest BCUT2D eigenvalue weighted by Crippen LogP contribution is -2.22. The van der Waals surface area contributed by atoms with Gasteiger partial charge in [-0.15, -0.1) is 0 Å². The minimum absolute atomic E-state index is 0.210. The van der Waals surface area contributed by atoms with Crippen LogP contribution in [0.25, 0.3) is 0 Å². The molecule has 32 heavy (non-hydrogen) atoms. The van der Waals surface area contributed by atoms with Crippen molar-refractivity contribution in [3.05, 3.63) is 83.2 Å². The summed E-state index contributed by atoms with van der Waals surface area (Å²) in [5.74, 6) is 1.59. The lowest BCUT2D eigenvalue weighted by atomic mass is 9.95. The van der Waals surface area contributed by atoms with Crippen LogP contribution in [0.2, 0.25) is 0 Å². The van der Waals surface area contributed by atoms with Crippen molar-refractivity contribution >= 4 is 13.9 Å². The largest absolute Gasteiger partial charge is 0.497 e. The molecular weight excluding hydrogens is 426 g/mol. The summed E-state index contributed by atoms with van der Waals surface area (Å²) in [4.78, 5) is 0. The van der Waals surface area contributed by atoms with Gasteiger partial charge in [-0.05, 0) is 41.1 Å². The third kappa shape index (κ3) is 5.40. The third-order valence-electron chi connectivity index (χ3n) is 5.66. The molecule has 4 nitrogen and oxygen atoms in total. The lowest BCUT2D eigenvalue weighted by molar-refractivity contribution is 0.276. The van der Waals surface area contributed by atoms with Crippen LogP contribution in [-0.4, -0.2) is 19.3 Å². The molecule has 0 spiro atoms. The molecule has 0 aliphatic carbocycles. The van der Waals surface area contributed by atoms with Crippen molar-refractivity contribution in [3.8, 4) is 17.2 Å². The Morgan fingerprint density at radius 2 is 1.75 bits per heavy atom. The molecule has 3 rings (SSSR count). The Morgan fingerprint density at radius 1 is 1.00 bits per heavy atom. The van der Waals surface area contributed by atoms with Gasteiger partial charge in [-0.3, -0.25) is 0 Å². The molecule has 0 heterocycles.